The number of methoxy groups -OCH3 is 1. The van der Waals surface area contributed by atoms with Gasteiger partial charge in [-0.1, -0.05) is 12.1 Å². The fraction of sp³-hybridized carbons (Fsp3) is 0.125. The fourth-order valence-corrected chi connectivity index (χ4v) is 2.40. The minimum atomic E-state index is -0.169. The number of carbonyl (C=O) groups is 1. The van der Waals surface area contributed by atoms with E-state index in [0.29, 0.717) is 23.1 Å². The van der Waals surface area contributed by atoms with Crippen molar-refractivity contribution in [2.45, 2.75) is 6.54 Å². The van der Waals surface area contributed by atoms with Gasteiger partial charge in [0.05, 0.1) is 19.9 Å². The molecule has 0 saturated carbocycles. The second-order valence-electron chi connectivity index (χ2n) is 4.73. The van der Waals surface area contributed by atoms with Crippen LogP contribution in [0.25, 0.3) is 6.08 Å². The minimum Gasteiger partial charge on any atom is -0.497 e. The summed E-state index contributed by atoms with van der Waals surface area (Å²) in [5.41, 5.74) is 1.33. The SMILES string of the molecule is COc1ccc(/C=C2\NC(=S)N(Cc3ccco3)C2=O)cc1. The van der Waals surface area contributed by atoms with Gasteiger partial charge in [-0.05, 0) is 48.1 Å². The molecule has 0 bridgehead atoms. The molecule has 0 atom stereocenters. The quantitative estimate of drug-likeness (QED) is 0.694. The number of furan rings is 1. The lowest BCUT2D eigenvalue weighted by atomic mass is 10.2. The summed E-state index contributed by atoms with van der Waals surface area (Å²) in [7, 11) is 1.61. The zero-order chi connectivity index (χ0) is 15.5. The van der Waals surface area contributed by atoms with E-state index in [9.17, 15) is 4.79 Å². The molecule has 1 N–H and O–H groups in total. The Morgan fingerprint density at radius 1 is 1.32 bits per heavy atom. The number of nitrogens with zero attached hydrogens (tertiary/aromatic N) is 1. The van der Waals surface area contributed by atoms with E-state index < -0.39 is 0 Å². The summed E-state index contributed by atoms with van der Waals surface area (Å²) in [5.74, 6) is 1.28. The van der Waals surface area contributed by atoms with Gasteiger partial charge >= 0.3 is 0 Å². The van der Waals surface area contributed by atoms with Gasteiger partial charge in [-0.15, -0.1) is 0 Å². The average molecular weight is 314 g/mol. The normalized spacial score (nSPS) is 16.2. The van der Waals surface area contributed by atoms with Gasteiger partial charge in [0.25, 0.3) is 5.91 Å². The maximum Gasteiger partial charge on any atom is 0.276 e. The zero-order valence-electron chi connectivity index (χ0n) is 11.9. The second-order valence-corrected chi connectivity index (χ2v) is 5.12. The van der Waals surface area contributed by atoms with E-state index in [2.05, 4.69) is 5.32 Å². The Kier molecular flexibility index (Phi) is 3.93. The standard InChI is InChI=1S/C16H14N2O3S/c1-20-12-6-4-11(5-7-12)9-14-15(19)18(16(22)17-14)10-13-3-2-8-21-13/h2-9H,10H2,1H3,(H,17,22)/b14-9-. The predicted molar refractivity (Wildman–Crippen MR) is 86.0 cm³/mol. The molecule has 0 unspecified atom stereocenters. The summed E-state index contributed by atoms with van der Waals surface area (Å²) in [6, 6.07) is 11.0. The van der Waals surface area contributed by atoms with Crippen LogP contribution in [0.3, 0.4) is 0 Å². The van der Waals surface area contributed by atoms with E-state index in [4.69, 9.17) is 21.4 Å². The molecule has 2 aromatic rings. The van der Waals surface area contributed by atoms with E-state index >= 15 is 0 Å². The molecule has 1 saturated heterocycles. The van der Waals surface area contributed by atoms with Crippen LogP contribution in [0.4, 0.5) is 0 Å². The Bertz CT molecular complexity index is 720. The Balaban J connectivity index is 1.78. The van der Waals surface area contributed by atoms with Gasteiger partial charge in [0.15, 0.2) is 5.11 Å². The summed E-state index contributed by atoms with van der Waals surface area (Å²) in [6.07, 6.45) is 3.33. The first-order chi connectivity index (χ1) is 10.7. The van der Waals surface area contributed by atoms with Gasteiger partial charge in [-0.25, -0.2) is 0 Å². The molecule has 1 amide bonds. The molecular weight excluding hydrogens is 300 g/mol. The van der Waals surface area contributed by atoms with E-state index in [1.807, 2.05) is 24.3 Å². The van der Waals surface area contributed by atoms with Gasteiger partial charge in [0, 0.05) is 0 Å². The molecule has 22 heavy (non-hydrogen) atoms. The molecular formula is C16H14N2O3S. The van der Waals surface area contributed by atoms with Gasteiger partial charge in [-0.3, -0.25) is 9.69 Å². The van der Waals surface area contributed by atoms with Gasteiger partial charge in [0.2, 0.25) is 0 Å². The molecule has 1 aliphatic heterocycles. The minimum absolute atomic E-state index is 0.169. The Labute approximate surface area is 133 Å². The third-order valence-corrected chi connectivity index (χ3v) is 3.61. The van der Waals surface area contributed by atoms with Crippen LogP contribution < -0.4 is 10.1 Å². The average Bonchev–Trinajstić information content (AvgIpc) is 3.13. The van der Waals surface area contributed by atoms with Gasteiger partial charge < -0.3 is 14.5 Å². The highest BCUT2D eigenvalue weighted by molar-refractivity contribution is 7.80. The summed E-state index contributed by atoms with van der Waals surface area (Å²) < 4.78 is 10.4. The molecule has 3 rings (SSSR count). The molecule has 1 aliphatic rings. The van der Waals surface area contributed by atoms with Crippen molar-refractivity contribution in [2.75, 3.05) is 7.11 Å². The largest absolute Gasteiger partial charge is 0.497 e. The van der Waals surface area contributed by atoms with Crippen molar-refractivity contribution < 1.29 is 13.9 Å². The summed E-state index contributed by atoms with van der Waals surface area (Å²) in [5, 5.41) is 3.32. The van der Waals surface area contributed by atoms with Crippen LogP contribution in [0.1, 0.15) is 11.3 Å². The smallest absolute Gasteiger partial charge is 0.276 e. The van der Waals surface area contributed by atoms with Gasteiger partial charge in [-0.2, -0.15) is 0 Å². The third kappa shape index (κ3) is 2.87. The monoisotopic (exact) mass is 314 g/mol. The van der Waals surface area contributed by atoms with E-state index in [1.54, 1.807) is 31.6 Å². The van der Waals surface area contributed by atoms with Crippen LogP contribution in [-0.2, 0) is 11.3 Å². The zero-order valence-corrected chi connectivity index (χ0v) is 12.7. The van der Waals surface area contributed by atoms with Crippen LogP contribution in [-0.4, -0.2) is 23.0 Å². The maximum atomic E-state index is 12.4. The molecule has 0 spiro atoms. The lowest BCUT2D eigenvalue weighted by molar-refractivity contribution is -0.122. The Morgan fingerprint density at radius 3 is 2.73 bits per heavy atom. The number of hydrogen-bond acceptors (Lipinski definition) is 4. The highest BCUT2D eigenvalue weighted by Gasteiger charge is 2.31. The van der Waals surface area contributed by atoms with Crippen molar-refractivity contribution in [1.29, 1.82) is 0 Å². The Hall–Kier alpha value is -2.60. The maximum absolute atomic E-state index is 12.4. The highest BCUT2D eigenvalue weighted by atomic mass is 32.1. The van der Waals surface area contributed by atoms with E-state index in [-0.39, 0.29) is 5.91 Å². The molecule has 1 aromatic heterocycles. The number of hydrogen-bond donors (Lipinski definition) is 1. The molecule has 6 heteroatoms. The number of carbonyl (C=O) groups excluding carboxylic acids is 1. The molecule has 1 aromatic carbocycles. The molecule has 5 nitrogen and oxygen atoms in total. The van der Waals surface area contributed by atoms with E-state index in [0.717, 1.165) is 11.3 Å². The predicted octanol–water partition coefficient (Wildman–Crippen LogP) is 2.55. The fourth-order valence-electron chi connectivity index (χ4n) is 2.14. The van der Waals surface area contributed by atoms with Crippen LogP contribution in [0.5, 0.6) is 5.75 Å². The lowest BCUT2D eigenvalue weighted by Crippen LogP contribution is -2.29. The summed E-state index contributed by atoms with van der Waals surface area (Å²) in [4.78, 5) is 13.9. The first-order valence-corrected chi connectivity index (χ1v) is 7.09. The third-order valence-electron chi connectivity index (χ3n) is 3.28. The number of amides is 1. The summed E-state index contributed by atoms with van der Waals surface area (Å²) >= 11 is 5.21. The lowest BCUT2D eigenvalue weighted by Gasteiger charge is -2.11. The molecule has 2 heterocycles. The van der Waals surface area contributed by atoms with Crippen molar-refractivity contribution in [1.82, 2.24) is 10.2 Å². The topological polar surface area (TPSA) is 54.7 Å². The van der Waals surface area contributed by atoms with Crippen LogP contribution >= 0.6 is 12.2 Å². The number of ether oxygens (including phenoxy) is 1. The first-order valence-electron chi connectivity index (χ1n) is 6.68. The Morgan fingerprint density at radius 2 is 2.09 bits per heavy atom. The van der Waals surface area contributed by atoms with E-state index in [1.165, 1.54) is 4.90 Å². The summed E-state index contributed by atoms with van der Waals surface area (Å²) in [6.45, 7) is 0.317. The highest BCUT2D eigenvalue weighted by Crippen LogP contribution is 2.18. The van der Waals surface area contributed by atoms with Crippen molar-refractivity contribution in [3.8, 4) is 5.75 Å². The van der Waals surface area contributed by atoms with Crippen molar-refractivity contribution in [2.24, 2.45) is 0 Å². The first kappa shape index (κ1) is 14.3. The van der Waals surface area contributed by atoms with Crippen LogP contribution in [0, 0.1) is 0 Å². The van der Waals surface area contributed by atoms with Gasteiger partial charge in [0.1, 0.15) is 17.2 Å². The van der Waals surface area contributed by atoms with Crippen LogP contribution in [0.15, 0.2) is 52.8 Å². The number of rotatable bonds is 4. The molecule has 0 aliphatic carbocycles. The molecule has 0 radical (unpaired) electrons. The van der Waals surface area contributed by atoms with Crippen LogP contribution in [0.2, 0.25) is 0 Å². The van der Waals surface area contributed by atoms with Crippen molar-refractivity contribution in [3.63, 3.8) is 0 Å². The van der Waals surface area contributed by atoms with Crippen molar-refractivity contribution in [3.05, 3.63) is 59.7 Å². The number of thiocarbonyl (C=S) groups is 1. The number of nitrogens with one attached hydrogen (secondary N) is 1. The van der Waals surface area contributed by atoms with Crippen molar-refractivity contribution >= 4 is 29.3 Å². The molecule has 1 fully saturated rings. The molecule has 112 valence electrons. The second kappa shape index (κ2) is 6.03. The number of benzene rings is 1.